The Morgan fingerprint density at radius 2 is 0.883 bits per heavy atom. The van der Waals surface area contributed by atoms with Crippen LogP contribution in [-0.4, -0.2) is 89.5 Å². The van der Waals surface area contributed by atoms with Gasteiger partial charge in [-0.05, 0) is 83.0 Å². The number of nitrogens with one attached hydrogen (secondary N) is 1. The Morgan fingerprint density at radius 3 is 1.29 bits per heavy atom. The number of aliphatic hydroxyl groups excluding tert-OH is 2. The van der Waals surface area contributed by atoms with E-state index in [9.17, 15) is 34.2 Å². The lowest BCUT2D eigenvalue weighted by molar-refractivity contribution is -0.167. The molecule has 0 spiro atoms. The zero-order chi connectivity index (χ0) is 56.7. The maximum Gasteiger partial charge on any atom is 0.308 e. The summed E-state index contributed by atoms with van der Waals surface area (Å²) in [5, 5.41) is 38.4. The Kier molecular flexibility index (Phi) is 51.1. The molecule has 1 aliphatic rings. The zero-order valence-electron chi connectivity index (χ0n) is 47.9. The normalized spacial score (nSPS) is 17.1. The van der Waals surface area contributed by atoms with Crippen molar-refractivity contribution in [3.63, 3.8) is 0 Å². The van der Waals surface area contributed by atoms with Crippen molar-refractivity contribution in [2.24, 2.45) is 23.7 Å². The van der Waals surface area contributed by atoms with E-state index in [1.807, 2.05) is 31.2 Å². The summed E-state index contributed by atoms with van der Waals surface area (Å²) in [6, 6.07) is 0. The molecule has 0 bridgehead atoms. The summed E-state index contributed by atoms with van der Waals surface area (Å²) < 4.78 is 16.7. The smallest absolute Gasteiger partial charge is 0.308 e. The molecule has 1 aliphatic carbocycles. The van der Waals surface area contributed by atoms with Crippen molar-refractivity contribution >= 4 is 29.8 Å². The summed E-state index contributed by atoms with van der Waals surface area (Å²) in [5.41, 5.74) is 0. The lowest BCUT2D eigenvalue weighted by Crippen LogP contribution is -2.41. The molecule has 1 rings (SSSR count). The molecule has 0 aliphatic heterocycles. The first-order valence-corrected chi connectivity index (χ1v) is 29.8. The molecule has 5 atom stereocenters. The minimum Gasteiger partial charge on any atom is -0.481 e. The average Bonchev–Trinajstić information content (AvgIpc) is 3.42. The van der Waals surface area contributed by atoms with Crippen LogP contribution in [0.1, 0.15) is 213 Å². The second kappa shape index (κ2) is 54.5. The molecule has 0 aromatic carbocycles. The predicted octanol–water partition coefficient (Wildman–Crippen LogP) is 14.4. The van der Waals surface area contributed by atoms with E-state index in [2.05, 4.69) is 92.1 Å². The first kappa shape index (κ1) is 72.2. The number of carboxylic acids is 2. The molecule has 77 heavy (non-hydrogen) atoms. The molecule has 0 aromatic heterocycles. The Hall–Kier alpha value is -4.85. The molecule has 438 valence electrons. The van der Waals surface area contributed by atoms with Gasteiger partial charge in [-0.2, -0.15) is 0 Å². The molecule has 0 unspecified atom stereocenters. The zero-order valence-corrected chi connectivity index (χ0v) is 47.9. The fraction of sp³-hybridized carbons (Fsp3) is 0.672. The van der Waals surface area contributed by atoms with E-state index in [-0.39, 0.29) is 57.7 Å². The second-order valence-electron chi connectivity index (χ2n) is 20.0. The van der Waals surface area contributed by atoms with E-state index in [1.165, 1.54) is 25.7 Å². The summed E-state index contributed by atoms with van der Waals surface area (Å²) in [6.45, 7) is 6.60. The number of hydrogen-bond donors (Lipinski definition) is 5. The molecule has 0 radical (unpaired) electrons. The van der Waals surface area contributed by atoms with E-state index < -0.39 is 47.7 Å². The molecule has 0 heterocycles. The highest BCUT2D eigenvalue weighted by atomic mass is 16.6. The topological polar surface area (TPSA) is 206 Å². The number of ether oxygens (including phenoxy) is 3. The number of hydrogen-bond acceptors (Lipinski definition) is 11. The second-order valence-corrected chi connectivity index (χ2v) is 20.0. The Balaban J connectivity index is 0.00000905. The molecular weight excluding hydrogens is 975 g/mol. The molecule has 5 N–H and O–H groups in total. The number of carbonyl (C=O) groups excluding carboxylic acids is 3. The van der Waals surface area contributed by atoms with Crippen LogP contribution in [0.4, 0.5) is 0 Å². The average molecular weight is 1080 g/mol. The van der Waals surface area contributed by atoms with Gasteiger partial charge in [0.15, 0.2) is 6.10 Å². The van der Waals surface area contributed by atoms with Crippen LogP contribution in [0.2, 0.25) is 0 Å². The Morgan fingerprint density at radius 1 is 0.481 bits per heavy atom. The standard InChI is InChI=1S/C61H96O10.C3H9NO2/c1-4-7-10-12-14-16-18-20-22-24-26-28-32-36-40-45-55(62)69-50-54(71-57(64)47-42-38-33-29-27-25-23-21-19-17-15-13-11-8-5-2)51-70-56(63)46-41-37-34-30-31-35-39-44-53-49-48-52(43-9-6-3)58(60(65)66)59(53)61(67)68;5-2-1-4-3-6/h12-23,39,44,48-49,52-54,58-59H,4-11,24-38,40-43,45-47,50-51H2,1-3H3,(H,65,66)(H,67,68);4-6H,1-3H2/b14-12+,15-13+,18-16+,19-17+,22-20+,23-21+,44-39+;/t52-,53+,54-,58+,59+;/m1./s1. The van der Waals surface area contributed by atoms with Gasteiger partial charge < -0.3 is 34.6 Å². The molecule has 13 nitrogen and oxygen atoms in total. The fourth-order valence-corrected chi connectivity index (χ4v) is 8.64. The van der Waals surface area contributed by atoms with E-state index in [0.717, 1.165) is 128 Å². The van der Waals surface area contributed by atoms with Gasteiger partial charge in [0, 0.05) is 31.7 Å². The van der Waals surface area contributed by atoms with Gasteiger partial charge >= 0.3 is 29.8 Å². The van der Waals surface area contributed by atoms with Gasteiger partial charge in [0.1, 0.15) is 13.2 Å². The molecule has 0 saturated heterocycles. The summed E-state index contributed by atoms with van der Waals surface area (Å²) in [5.74, 6) is -5.92. The number of carboxylic acid groups (broad SMARTS) is 2. The molecular formula is C64H105NO12. The van der Waals surface area contributed by atoms with Crippen LogP contribution < -0.4 is 5.32 Å². The minimum absolute atomic E-state index is 0.0550. The lowest BCUT2D eigenvalue weighted by Gasteiger charge is -2.33. The third-order valence-electron chi connectivity index (χ3n) is 13.1. The van der Waals surface area contributed by atoms with Gasteiger partial charge in [-0.15, -0.1) is 0 Å². The van der Waals surface area contributed by atoms with Crippen LogP contribution in [-0.2, 0) is 38.2 Å². The van der Waals surface area contributed by atoms with Crippen molar-refractivity contribution < 1.29 is 58.6 Å². The SMILES string of the molecule is CCCC/C=C/C=C/C=C/CCCCCCCC(=O)OC[C@H](COC(=O)CCCCCCC/C=C/[C@H]1C=C[C@@H](CCCC)[C@H](C(=O)O)[C@H]1C(=O)O)OC(=O)CCCCCCC/C=C/C=C/C=C/CCCC.OCCNCO. The highest BCUT2D eigenvalue weighted by molar-refractivity contribution is 5.81. The monoisotopic (exact) mass is 1080 g/mol. The first-order valence-electron chi connectivity index (χ1n) is 29.8. The number of aliphatic hydroxyl groups is 2. The highest BCUT2D eigenvalue weighted by Crippen LogP contribution is 2.38. The fourth-order valence-electron chi connectivity index (χ4n) is 8.64. The predicted molar refractivity (Wildman–Crippen MR) is 312 cm³/mol. The number of esters is 3. The summed E-state index contributed by atoms with van der Waals surface area (Å²) in [7, 11) is 0. The van der Waals surface area contributed by atoms with Gasteiger partial charge in [0.05, 0.1) is 25.2 Å². The van der Waals surface area contributed by atoms with Crippen molar-refractivity contribution in [3.05, 3.63) is 97.2 Å². The van der Waals surface area contributed by atoms with Crippen molar-refractivity contribution in [3.8, 4) is 0 Å². The van der Waals surface area contributed by atoms with Crippen molar-refractivity contribution in [2.45, 2.75) is 219 Å². The number of aliphatic carboxylic acids is 2. The van der Waals surface area contributed by atoms with Crippen LogP contribution in [0.3, 0.4) is 0 Å². The van der Waals surface area contributed by atoms with Crippen LogP contribution in [0.5, 0.6) is 0 Å². The molecule has 13 heteroatoms. The summed E-state index contributed by atoms with van der Waals surface area (Å²) in [4.78, 5) is 62.5. The third kappa shape index (κ3) is 44.8. The molecule has 0 amide bonds. The Labute approximate surface area is 465 Å². The molecule has 0 fully saturated rings. The van der Waals surface area contributed by atoms with Gasteiger partial charge in [-0.25, -0.2) is 0 Å². The largest absolute Gasteiger partial charge is 0.481 e. The van der Waals surface area contributed by atoms with Crippen molar-refractivity contribution in [1.29, 1.82) is 0 Å². The number of carbonyl (C=O) groups is 5. The van der Waals surface area contributed by atoms with E-state index in [0.29, 0.717) is 25.8 Å². The maximum atomic E-state index is 12.9. The van der Waals surface area contributed by atoms with Crippen molar-refractivity contribution in [1.82, 2.24) is 5.32 Å². The van der Waals surface area contributed by atoms with Gasteiger partial charge in [-0.1, -0.05) is 214 Å². The molecule has 0 aromatic rings. The van der Waals surface area contributed by atoms with E-state index in [4.69, 9.17) is 24.4 Å². The van der Waals surface area contributed by atoms with Gasteiger partial charge in [-0.3, -0.25) is 29.3 Å². The van der Waals surface area contributed by atoms with E-state index >= 15 is 0 Å². The minimum atomic E-state index is -1.07. The quantitative estimate of drug-likeness (QED) is 0.00961. The van der Waals surface area contributed by atoms with E-state index in [1.54, 1.807) is 0 Å². The number of unbranched alkanes of at least 4 members (excludes halogenated alkanes) is 20. The maximum absolute atomic E-state index is 12.9. The van der Waals surface area contributed by atoms with Crippen LogP contribution in [0.15, 0.2) is 97.2 Å². The lowest BCUT2D eigenvalue weighted by atomic mass is 9.69. The third-order valence-corrected chi connectivity index (χ3v) is 13.1. The summed E-state index contributed by atoms with van der Waals surface area (Å²) in [6.07, 6.45) is 59.2. The number of rotatable bonds is 48. The van der Waals surface area contributed by atoms with Gasteiger partial charge in [0.25, 0.3) is 0 Å². The first-order chi connectivity index (χ1) is 37.6. The van der Waals surface area contributed by atoms with Crippen LogP contribution >= 0.6 is 0 Å². The Bertz CT molecular complexity index is 1720. The van der Waals surface area contributed by atoms with Crippen LogP contribution in [0.25, 0.3) is 0 Å². The van der Waals surface area contributed by atoms with Crippen LogP contribution in [0, 0.1) is 23.7 Å². The highest BCUT2D eigenvalue weighted by Gasteiger charge is 2.44. The molecule has 0 saturated carbocycles. The van der Waals surface area contributed by atoms with Gasteiger partial charge in [0.2, 0.25) is 0 Å². The van der Waals surface area contributed by atoms with Crippen molar-refractivity contribution in [2.75, 3.05) is 33.1 Å². The number of allylic oxidation sites excluding steroid dienone is 16. The summed E-state index contributed by atoms with van der Waals surface area (Å²) >= 11 is 0.